The lowest BCUT2D eigenvalue weighted by atomic mass is 10.2. The maximum absolute atomic E-state index is 12.7. The number of thiazole rings is 1. The molecule has 0 aliphatic heterocycles. The zero-order valence-electron chi connectivity index (χ0n) is 14.7. The van der Waals surface area contributed by atoms with Crippen molar-refractivity contribution in [1.29, 1.82) is 0 Å². The predicted molar refractivity (Wildman–Crippen MR) is 116 cm³/mol. The first-order valence-electron chi connectivity index (χ1n) is 8.60. The Morgan fingerprint density at radius 3 is 2.69 bits per heavy atom. The molecule has 0 saturated heterocycles. The van der Waals surface area contributed by atoms with Crippen LogP contribution in [0.5, 0.6) is 0 Å². The quantitative estimate of drug-likeness (QED) is 0.399. The molecule has 0 fully saturated rings. The van der Waals surface area contributed by atoms with E-state index in [0.29, 0.717) is 36.9 Å². The van der Waals surface area contributed by atoms with Crippen LogP contribution in [0, 0.1) is 0 Å². The summed E-state index contributed by atoms with van der Waals surface area (Å²) in [7, 11) is 0. The van der Waals surface area contributed by atoms with E-state index in [1.165, 1.54) is 15.9 Å². The Bertz CT molecular complexity index is 1470. The maximum Gasteiger partial charge on any atom is 0.291 e. The third-order valence-corrected chi connectivity index (χ3v) is 5.83. The minimum atomic E-state index is -0.249. The van der Waals surface area contributed by atoms with Crippen molar-refractivity contribution in [2.75, 3.05) is 0 Å². The van der Waals surface area contributed by atoms with Crippen molar-refractivity contribution >= 4 is 45.6 Å². The number of benzene rings is 2. The van der Waals surface area contributed by atoms with Gasteiger partial charge in [-0.1, -0.05) is 58.8 Å². The molecule has 0 spiro atoms. The summed E-state index contributed by atoms with van der Waals surface area (Å²) in [6.07, 6.45) is 1.68. The summed E-state index contributed by atoms with van der Waals surface area (Å²) < 4.78 is 7.63. The van der Waals surface area contributed by atoms with Crippen LogP contribution in [-0.4, -0.2) is 14.6 Å². The molecule has 0 radical (unpaired) electrons. The fourth-order valence-electron chi connectivity index (χ4n) is 2.95. The minimum Gasteiger partial charge on any atom is -0.457 e. The molecule has 0 atom stereocenters. The molecule has 5 aromatic rings. The van der Waals surface area contributed by atoms with Crippen LogP contribution in [0.1, 0.15) is 5.76 Å². The largest absolute Gasteiger partial charge is 0.457 e. The van der Waals surface area contributed by atoms with Crippen molar-refractivity contribution in [3.05, 3.63) is 91.4 Å². The van der Waals surface area contributed by atoms with Crippen LogP contribution in [-0.2, 0) is 0 Å². The van der Waals surface area contributed by atoms with Gasteiger partial charge in [-0.05, 0) is 36.4 Å². The van der Waals surface area contributed by atoms with E-state index >= 15 is 0 Å². The third-order valence-electron chi connectivity index (χ3n) is 4.30. The van der Waals surface area contributed by atoms with Crippen LogP contribution < -0.4 is 10.1 Å². The van der Waals surface area contributed by atoms with Gasteiger partial charge in [-0.15, -0.1) is 5.10 Å². The molecule has 0 amide bonds. The fourth-order valence-corrected chi connectivity index (χ4v) is 4.26. The molecule has 0 saturated carbocycles. The molecule has 8 heteroatoms. The lowest BCUT2D eigenvalue weighted by Gasteiger charge is -1.98. The second-order valence-electron chi connectivity index (χ2n) is 6.24. The molecular weight excluding hydrogens is 429 g/mol. The van der Waals surface area contributed by atoms with E-state index in [1.807, 2.05) is 36.4 Å². The zero-order valence-corrected chi connectivity index (χ0v) is 17.0. The third kappa shape index (κ3) is 3.35. The summed E-state index contributed by atoms with van der Waals surface area (Å²) in [5.41, 5.74) is 1.31. The van der Waals surface area contributed by atoms with Gasteiger partial charge in [0, 0.05) is 22.2 Å². The molecule has 3 heterocycles. The van der Waals surface area contributed by atoms with Gasteiger partial charge in [-0.25, -0.2) is 0 Å². The Labute approximate surface area is 178 Å². The SMILES string of the molecule is O=c1c(=Cc2ccc(-c3ccccc3Cl)o2)sc2nc(-c3cccc(Cl)c3)nn12. The first kappa shape index (κ1) is 18.1. The standard InChI is InChI=1S/C21H11Cl2N3O2S/c22-13-5-3-4-12(10-13)19-24-21-26(25-19)20(27)18(29-21)11-14-8-9-17(28-14)15-6-1-2-7-16(15)23/h1-11H. The number of halogens is 2. The molecule has 3 aromatic heterocycles. The summed E-state index contributed by atoms with van der Waals surface area (Å²) in [6.45, 7) is 0. The second kappa shape index (κ2) is 7.15. The predicted octanol–water partition coefficient (Wildman–Crippen LogP) is 4.93. The molecule has 5 rings (SSSR count). The van der Waals surface area contributed by atoms with Gasteiger partial charge in [0.2, 0.25) is 4.96 Å². The zero-order chi connectivity index (χ0) is 20.0. The Kier molecular flexibility index (Phi) is 4.47. The molecule has 0 aliphatic carbocycles. The smallest absolute Gasteiger partial charge is 0.291 e. The Balaban J connectivity index is 1.54. The molecule has 2 aromatic carbocycles. The van der Waals surface area contributed by atoms with E-state index in [4.69, 9.17) is 27.6 Å². The summed E-state index contributed by atoms with van der Waals surface area (Å²) in [5, 5.41) is 5.52. The number of fused-ring (bicyclic) bond motifs is 1. The molecule has 29 heavy (non-hydrogen) atoms. The van der Waals surface area contributed by atoms with Crippen molar-refractivity contribution in [1.82, 2.24) is 14.6 Å². The van der Waals surface area contributed by atoms with Crippen molar-refractivity contribution in [2.24, 2.45) is 0 Å². The maximum atomic E-state index is 12.7. The van der Waals surface area contributed by atoms with Crippen molar-refractivity contribution in [3.63, 3.8) is 0 Å². The number of aromatic nitrogens is 3. The van der Waals surface area contributed by atoms with E-state index in [0.717, 1.165) is 11.1 Å². The van der Waals surface area contributed by atoms with E-state index in [1.54, 1.807) is 30.3 Å². The van der Waals surface area contributed by atoms with Gasteiger partial charge < -0.3 is 4.42 Å². The summed E-state index contributed by atoms with van der Waals surface area (Å²) in [4.78, 5) is 17.7. The Morgan fingerprint density at radius 1 is 1.03 bits per heavy atom. The Morgan fingerprint density at radius 2 is 1.90 bits per heavy atom. The fraction of sp³-hybridized carbons (Fsp3) is 0. The van der Waals surface area contributed by atoms with Crippen LogP contribution in [0.3, 0.4) is 0 Å². The first-order valence-corrected chi connectivity index (χ1v) is 10.2. The summed E-state index contributed by atoms with van der Waals surface area (Å²) >= 11 is 13.5. The van der Waals surface area contributed by atoms with Gasteiger partial charge in [0.15, 0.2) is 5.82 Å². The lowest BCUT2D eigenvalue weighted by Crippen LogP contribution is -2.23. The van der Waals surface area contributed by atoms with Crippen LogP contribution in [0.2, 0.25) is 10.0 Å². The van der Waals surface area contributed by atoms with Crippen LogP contribution >= 0.6 is 34.5 Å². The summed E-state index contributed by atoms with van der Waals surface area (Å²) in [5.74, 6) is 1.65. The molecule has 0 unspecified atom stereocenters. The molecule has 0 aliphatic rings. The molecule has 5 nitrogen and oxygen atoms in total. The first-order chi connectivity index (χ1) is 14.1. The number of furan rings is 1. The van der Waals surface area contributed by atoms with Crippen LogP contribution in [0.4, 0.5) is 0 Å². The van der Waals surface area contributed by atoms with Crippen LogP contribution in [0.15, 0.2) is 69.9 Å². The topological polar surface area (TPSA) is 60.4 Å². The normalized spacial score (nSPS) is 12.1. The van der Waals surface area contributed by atoms with E-state index in [-0.39, 0.29) is 5.56 Å². The highest BCUT2D eigenvalue weighted by molar-refractivity contribution is 7.15. The van der Waals surface area contributed by atoms with Crippen molar-refractivity contribution in [3.8, 4) is 22.7 Å². The van der Waals surface area contributed by atoms with Gasteiger partial charge in [0.05, 0.1) is 5.02 Å². The van der Waals surface area contributed by atoms with E-state index in [9.17, 15) is 4.79 Å². The van der Waals surface area contributed by atoms with Gasteiger partial charge in [0.1, 0.15) is 16.1 Å². The van der Waals surface area contributed by atoms with E-state index in [2.05, 4.69) is 10.1 Å². The molecule has 0 N–H and O–H groups in total. The number of nitrogens with zero attached hydrogens (tertiary/aromatic N) is 3. The molecule has 0 bridgehead atoms. The number of rotatable bonds is 3. The number of hydrogen-bond acceptors (Lipinski definition) is 5. The molecular formula is C21H11Cl2N3O2S. The minimum absolute atomic E-state index is 0.249. The van der Waals surface area contributed by atoms with Crippen molar-refractivity contribution in [2.45, 2.75) is 0 Å². The average Bonchev–Trinajstić information content (AvgIpc) is 3.40. The van der Waals surface area contributed by atoms with E-state index < -0.39 is 0 Å². The second-order valence-corrected chi connectivity index (χ2v) is 8.09. The highest BCUT2D eigenvalue weighted by Crippen LogP contribution is 2.29. The Hall–Kier alpha value is -2.93. The molecule has 142 valence electrons. The van der Waals surface area contributed by atoms with Crippen LogP contribution in [0.25, 0.3) is 33.7 Å². The highest BCUT2D eigenvalue weighted by Gasteiger charge is 2.13. The number of hydrogen-bond donors (Lipinski definition) is 0. The van der Waals surface area contributed by atoms with Gasteiger partial charge in [-0.2, -0.15) is 9.50 Å². The summed E-state index contributed by atoms with van der Waals surface area (Å²) in [6, 6.07) is 18.3. The monoisotopic (exact) mass is 439 g/mol. The average molecular weight is 440 g/mol. The highest BCUT2D eigenvalue weighted by atomic mass is 35.5. The van der Waals surface area contributed by atoms with Gasteiger partial charge >= 0.3 is 0 Å². The van der Waals surface area contributed by atoms with Gasteiger partial charge in [0.25, 0.3) is 5.56 Å². The van der Waals surface area contributed by atoms with Gasteiger partial charge in [-0.3, -0.25) is 4.79 Å². The van der Waals surface area contributed by atoms with Crippen molar-refractivity contribution < 1.29 is 4.42 Å². The lowest BCUT2D eigenvalue weighted by molar-refractivity contribution is 0.571.